The molecule has 2 fully saturated rings. The number of benzene rings is 1. The molecule has 2 aliphatic rings. The van der Waals surface area contributed by atoms with E-state index >= 15 is 0 Å². The Kier molecular flexibility index (Phi) is 5.96. The Balaban J connectivity index is 1.41. The van der Waals surface area contributed by atoms with Crippen LogP contribution in [0.2, 0.25) is 0 Å². The van der Waals surface area contributed by atoms with Crippen LogP contribution in [0, 0.1) is 0 Å². The molecule has 0 bridgehead atoms. The van der Waals surface area contributed by atoms with Crippen LogP contribution in [0.4, 0.5) is 5.69 Å². The third-order valence-electron chi connectivity index (χ3n) is 5.29. The Morgan fingerprint density at radius 1 is 1.17 bits per heavy atom. The van der Waals surface area contributed by atoms with Gasteiger partial charge in [-0.15, -0.1) is 0 Å². The van der Waals surface area contributed by atoms with Gasteiger partial charge >= 0.3 is 0 Å². The lowest BCUT2D eigenvalue weighted by atomic mass is 9.95. The molecule has 5 nitrogen and oxygen atoms in total. The fraction of sp³-hybridized carbons (Fsp3) is 0.632. The maximum absolute atomic E-state index is 12.2. The van der Waals surface area contributed by atoms with E-state index in [9.17, 15) is 4.79 Å². The molecule has 1 aliphatic heterocycles. The van der Waals surface area contributed by atoms with Crippen LogP contribution in [-0.4, -0.2) is 51.8 Å². The van der Waals surface area contributed by atoms with Gasteiger partial charge < -0.3 is 19.9 Å². The van der Waals surface area contributed by atoms with Crippen molar-refractivity contribution in [2.24, 2.45) is 0 Å². The van der Waals surface area contributed by atoms with Gasteiger partial charge in [0.1, 0.15) is 5.75 Å². The number of methoxy groups -OCH3 is 1. The number of quaternary nitrogens is 1. The Hall–Kier alpha value is -1.75. The number of hydrogen-bond donors (Lipinski definition) is 2. The lowest BCUT2D eigenvalue weighted by Crippen LogP contribution is -3.16. The summed E-state index contributed by atoms with van der Waals surface area (Å²) in [5.41, 5.74) is 1.24. The van der Waals surface area contributed by atoms with E-state index in [2.05, 4.69) is 22.3 Å². The third-order valence-corrected chi connectivity index (χ3v) is 5.29. The van der Waals surface area contributed by atoms with Gasteiger partial charge in [-0.2, -0.15) is 0 Å². The van der Waals surface area contributed by atoms with E-state index < -0.39 is 0 Å². The van der Waals surface area contributed by atoms with Gasteiger partial charge in [0.2, 0.25) is 0 Å². The van der Waals surface area contributed by atoms with Gasteiger partial charge in [0.15, 0.2) is 6.54 Å². The normalized spacial score (nSPS) is 20.0. The van der Waals surface area contributed by atoms with Crippen LogP contribution in [0.3, 0.4) is 0 Å². The molecule has 5 heteroatoms. The molecule has 0 unspecified atom stereocenters. The molecule has 1 aromatic rings. The molecule has 0 atom stereocenters. The topological polar surface area (TPSA) is 46.0 Å². The number of hydrogen-bond acceptors (Lipinski definition) is 3. The van der Waals surface area contributed by atoms with Crippen molar-refractivity contribution < 1.29 is 14.4 Å². The summed E-state index contributed by atoms with van der Waals surface area (Å²) in [7, 11) is 1.69. The number of anilines is 1. The van der Waals surface area contributed by atoms with Gasteiger partial charge in [-0.3, -0.25) is 4.79 Å². The second-order valence-electron chi connectivity index (χ2n) is 7.01. The number of carbonyl (C=O) groups excluding carboxylic acids is 1. The van der Waals surface area contributed by atoms with Gasteiger partial charge in [-0.25, -0.2) is 0 Å². The summed E-state index contributed by atoms with van der Waals surface area (Å²) in [6, 6.07) is 8.66. The summed E-state index contributed by atoms with van der Waals surface area (Å²) in [4.78, 5) is 16.0. The summed E-state index contributed by atoms with van der Waals surface area (Å²) in [6.45, 7) is 4.65. The second-order valence-corrected chi connectivity index (χ2v) is 7.01. The zero-order valence-corrected chi connectivity index (χ0v) is 14.7. The minimum atomic E-state index is 0.231. The highest BCUT2D eigenvalue weighted by Crippen LogP contribution is 2.19. The quantitative estimate of drug-likeness (QED) is 0.840. The number of nitrogens with one attached hydrogen (secondary N) is 2. The lowest BCUT2D eigenvalue weighted by molar-refractivity contribution is -0.892. The van der Waals surface area contributed by atoms with Crippen molar-refractivity contribution in [3.8, 4) is 5.75 Å². The van der Waals surface area contributed by atoms with Crippen LogP contribution in [0.15, 0.2) is 24.3 Å². The van der Waals surface area contributed by atoms with Gasteiger partial charge in [0.05, 0.1) is 33.3 Å². The van der Waals surface area contributed by atoms with E-state index in [1.807, 2.05) is 12.1 Å². The van der Waals surface area contributed by atoms with Crippen LogP contribution in [0.25, 0.3) is 0 Å². The number of carbonyl (C=O) groups is 1. The van der Waals surface area contributed by atoms with Crippen LogP contribution < -0.4 is 19.9 Å². The van der Waals surface area contributed by atoms with Crippen LogP contribution in [0.1, 0.15) is 32.1 Å². The van der Waals surface area contributed by atoms with Gasteiger partial charge in [0, 0.05) is 11.7 Å². The SMILES string of the molecule is COc1ccc(N2CC[NH+](CC(=O)NC3CCCCC3)CC2)cc1. The fourth-order valence-electron chi connectivity index (χ4n) is 3.80. The van der Waals surface area contributed by atoms with Crippen molar-refractivity contribution in [1.29, 1.82) is 0 Å². The molecule has 0 radical (unpaired) electrons. The number of nitrogens with zero attached hydrogens (tertiary/aromatic N) is 1. The first kappa shape index (κ1) is 17.1. The number of ether oxygens (including phenoxy) is 1. The van der Waals surface area contributed by atoms with E-state index in [1.54, 1.807) is 7.11 Å². The molecule has 3 rings (SSSR count). The molecule has 1 saturated heterocycles. The maximum atomic E-state index is 12.2. The molecule has 2 N–H and O–H groups in total. The molecule has 132 valence electrons. The average molecular weight is 332 g/mol. The summed E-state index contributed by atoms with van der Waals surface area (Å²) < 4.78 is 5.21. The molecule has 1 amide bonds. The highest BCUT2D eigenvalue weighted by Gasteiger charge is 2.24. The molecule has 1 aliphatic carbocycles. The monoisotopic (exact) mass is 332 g/mol. The first-order valence-corrected chi connectivity index (χ1v) is 9.26. The Labute approximate surface area is 145 Å². The minimum Gasteiger partial charge on any atom is -0.497 e. The zero-order valence-electron chi connectivity index (χ0n) is 14.7. The Morgan fingerprint density at radius 3 is 2.46 bits per heavy atom. The molecule has 1 heterocycles. The number of piperazine rings is 1. The molecule has 0 spiro atoms. The summed E-state index contributed by atoms with van der Waals surface area (Å²) >= 11 is 0. The predicted octanol–water partition coefficient (Wildman–Crippen LogP) is 0.849. The van der Waals surface area contributed by atoms with Crippen molar-refractivity contribution in [1.82, 2.24) is 5.32 Å². The molecule has 0 aromatic heterocycles. The number of rotatable bonds is 5. The van der Waals surface area contributed by atoms with Crippen LogP contribution >= 0.6 is 0 Å². The van der Waals surface area contributed by atoms with Crippen molar-refractivity contribution in [3.05, 3.63) is 24.3 Å². The van der Waals surface area contributed by atoms with Crippen molar-refractivity contribution in [3.63, 3.8) is 0 Å². The van der Waals surface area contributed by atoms with Crippen molar-refractivity contribution in [2.75, 3.05) is 44.7 Å². The lowest BCUT2D eigenvalue weighted by Gasteiger charge is -2.33. The smallest absolute Gasteiger partial charge is 0.275 e. The van der Waals surface area contributed by atoms with Gasteiger partial charge in [-0.1, -0.05) is 19.3 Å². The highest BCUT2D eigenvalue weighted by molar-refractivity contribution is 5.77. The molecular formula is C19H30N3O2+. The van der Waals surface area contributed by atoms with E-state index in [4.69, 9.17) is 4.74 Å². The average Bonchev–Trinajstić information content (AvgIpc) is 2.63. The maximum Gasteiger partial charge on any atom is 0.275 e. The standard InChI is InChI=1S/C19H29N3O2/c1-24-18-9-7-17(8-10-18)22-13-11-21(12-14-22)15-19(23)20-16-5-3-2-4-6-16/h7-10,16H,2-6,11-15H2,1H3,(H,20,23)/p+1. The Bertz CT molecular complexity index is 518. The summed E-state index contributed by atoms with van der Waals surface area (Å²) in [5.74, 6) is 1.12. The van der Waals surface area contributed by atoms with Crippen LogP contribution in [-0.2, 0) is 4.79 Å². The summed E-state index contributed by atoms with van der Waals surface area (Å²) in [5, 5.41) is 3.23. The second kappa shape index (κ2) is 8.38. The minimum absolute atomic E-state index is 0.231. The zero-order chi connectivity index (χ0) is 16.8. The first-order valence-electron chi connectivity index (χ1n) is 9.26. The van der Waals surface area contributed by atoms with Gasteiger partial charge in [-0.05, 0) is 37.1 Å². The van der Waals surface area contributed by atoms with Crippen LogP contribution in [0.5, 0.6) is 5.75 Å². The fourth-order valence-corrected chi connectivity index (χ4v) is 3.80. The Morgan fingerprint density at radius 2 is 1.83 bits per heavy atom. The molecule has 1 saturated carbocycles. The molecule has 24 heavy (non-hydrogen) atoms. The largest absolute Gasteiger partial charge is 0.497 e. The highest BCUT2D eigenvalue weighted by atomic mass is 16.5. The predicted molar refractivity (Wildman–Crippen MR) is 95.8 cm³/mol. The third kappa shape index (κ3) is 4.63. The van der Waals surface area contributed by atoms with Crippen molar-refractivity contribution in [2.45, 2.75) is 38.1 Å². The molecule has 1 aromatic carbocycles. The van der Waals surface area contributed by atoms with E-state index in [0.717, 1.165) is 44.8 Å². The number of amides is 1. The van der Waals surface area contributed by atoms with E-state index in [-0.39, 0.29) is 5.91 Å². The van der Waals surface area contributed by atoms with E-state index in [0.29, 0.717) is 12.6 Å². The van der Waals surface area contributed by atoms with E-state index in [1.165, 1.54) is 29.8 Å². The summed E-state index contributed by atoms with van der Waals surface area (Å²) in [6.07, 6.45) is 6.17. The van der Waals surface area contributed by atoms with Gasteiger partial charge in [0.25, 0.3) is 5.91 Å². The molecular weight excluding hydrogens is 302 g/mol. The first-order chi connectivity index (χ1) is 11.7. The van der Waals surface area contributed by atoms with Crippen molar-refractivity contribution >= 4 is 11.6 Å².